The van der Waals surface area contributed by atoms with Crippen molar-refractivity contribution in [3.63, 3.8) is 0 Å². The van der Waals surface area contributed by atoms with E-state index in [1.165, 1.54) is 19.3 Å². The molecule has 1 saturated carbocycles. The van der Waals surface area contributed by atoms with Gasteiger partial charge in [0.05, 0.1) is 12.2 Å². The third-order valence-corrected chi connectivity index (χ3v) is 5.63. The molecule has 1 aromatic heterocycles. The zero-order valence-corrected chi connectivity index (χ0v) is 14.1. The molecule has 1 aliphatic carbocycles. The molecule has 0 bridgehead atoms. The van der Waals surface area contributed by atoms with Crippen LogP contribution in [0.4, 0.5) is 0 Å². The summed E-state index contributed by atoms with van der Waals surface area (Å²) >= 11 is 0. The van der Waals surface area contributed by atoms with Crippen molar-refractivity contribution in [3.8, 4) is 0 Å². The Kier molecular flexibility index (Phi) is 4.24. The molecule has 4 rings (SSSR count). The molecule has 3 aliphatic rings. The van der Waals surface area contributed by atoms with Crippen LogP contribution in [0.3, 0.4) is 0 Å². The van der Waals surface area contributed by atoms with E-state index in [1.807, 2.05) is 9.80 Å². The average Bonchev–Trinajstić information content (AvgIpc) is 3.26. The average molecular weight is 331 g/mol. The molecule has 3 heterocycles. The predicted molar refractivity (Wildman–Crippen MR) is 87.4 cm³/mol. The quantitative estimate of drug-likeness (QED) is 0.841. The molecule has 7 nitrogen and oxygen atoms in total. The second-order valence-electron chi connectivity index (χ2n) is 7.32. The van der Waals surface area contributed by atoms with E-state index in [0.717, 1.165) is 38.8 Å². The van der Waals surface area contributed by atoms with Crippen LogP contribution in [0.25, 0.3) is 0 Å². The molecular formula is C17H25N5O2. The Hall–Kier alpha value is -1.92. The van der Waals surface area contributed by atoms with Crippen LogP contribution >= 0.6 is 0 Å². The zero-order valence-electron chi connectivity index (χ0n) is 14.1. The maximum atomic E-state index is 12.5. The second-order valence-corrected chi connectivity index (χ2v) is 7.32. The smallest absolute Gasteiger partial charge is 0.276 e. The fourth-order valence-electron chi connectivity index (χ4n) is 4.05. The van der Waals surface area contributed by atoms with Crippen LogP contribution in [0, 0.1) is 5.92 Å². The van der Waals surface area contributed by atoms with Gasteiger partial charge in [0.1, 0.15) is 0 Å². The van der Waals surface area contributed by atoms with Crippen LogP contribution in [0.15, 0.2) is 6.20 Å². The molecule has 0 aromatic carbocycles. The topological polar surface area (TPSA) is 71.3 Å². The maximum absolute atomic E-state index is 12.5. The first-order chi connectivity index (χ1) is 11.7. The van der Waals surface area contributed by atoms with E-state index in [1.54, 1.807) is 10.9 Å². The lowest BCUT2D eigenvalue weighted by Gasteiger charge is -2.41. The Balaban J connectivity index is 1.32. The number of rotatable bonds is 3. The first-order valence-electron chi connectivity index (χ1n) is 9.22. The lowest BCUT2D eigenvalue weighted by Crippen LogP contribution is -2.53. The maximum Gasteiger partial charge on any atom is 0.276 e. The molecule has 2 amide bonds. The summed E-state index contributed by atoms with van der Waals surface area (Å²) in [5, 5.41) is 8.16. The Morgan fingerprint density at radius 2 is 1.67 bits per heavy atom. The van der Waals surface area contributed by atoms with Crippen molar-refractivity contribution >= 4 is 11.8 Å². The van der Waals surface area contributed by atoms with Crippen LogP contribution in [-0.4, -0.2) is 62.8 Å². The van der Waals surface area contributed by atoms with E-state index >= 15 is 0 Å². The molecule has 7 heteroatoms. The highest BCUT2D eigenvalue weighted by Crippen LogP contribution is 2.29. The number of nitrogens with zero attached hydrogens (tertiary/aromatic N) is 5. The normalized spacial score (nSPS) is 22.7. The van der Waals surface area contributed by atoms with E-state index in [-0.39, 0.29) is 17.9 Å². The van der Waals surface area contributed by atoms with E-state index in [4.69, 9.17) is 0 Å². The predicted octanol–water partition coefficient (Wildman–Crippen LogP) is 1.48. The summed E-state index contributed by atoms with van der Waals surface area (Å²) < 4.78 is 1.76. The SMILES string of the molecule is O=C(c1cn(C2CN(C(=O)C3CCCCC3)C2)nn1)N1CCCC1. The second kappa shape index (κ2) is 6.53. The molecule has 0 spiro atoms. The summed E-state index contributed by atoms with van der Waals surface area (Å²) in [5.74, 6) is 0.510. The summed E-state index contributed by atoms with van der Waals surface area (Å²) in [4.78, 5) is 28.6. The van der Waals surface area contributed by atoms with Crippen molar-refractivity contribution in [3.05, 3.63) is 11.9 Å². The van der Waals surface area contributed by atoms with Crippen LogP contribution in [0.1, 0.15) is 61.5 Å². The molecule has 130 valence electrons. The monoisotopic (exact) mass is 331 g/mol. The van der Waals surface area contributed by atoms with Gasteiger partial charge in [0.25, 0.3) is 5.91 Å². The summed E-state index contributed by atoms with van der Waals surface area (Å²) in [7, 11) is 0. The number of aromatic nitrogens is 3. The van der Waals surface area contributed by atoms with Crippen molar-refractivity contribution in [1.82, 2.24) is 24.8 Å². The minimum atomic E-state index is -0.0202. The van der Waals surface area contributed by atoms with Gasteiger partial charge < -0.3 is 9.80 Å². The van der Waals surface area contributed by atoms with Crippen LogP contribution in [0.5, 0.6) is 0 Å². The van der Waals surface area contributed by atoms with Crippen LogP contribution in [-0.2, 0) is 4.79 Å². The zero-order chi connectivity index (χ0) is 16.5. The van der Waals surface area contributed by atoms with Crippen molar-refractivity contribution in [2.75, 3.05) is 26.2 Å². The van der Waals surface area contributed by atoms with Crippen molar-refractivity contribution < 1.29 is 9.59 Å². The standard InChI is InChI=1S/C17H25N5O2/c23-16(13-6-2-1-3-7-13)21-10-14(11-21)22-12-15(18-19-22)17(24)20-8-4-5-9-20/h12-14H,1-11H2. The van der Waals surface area contributed by atoms with E-state index in [2.05, 4.69) is 10.3 Å². The molecule has 0 N–H and O–H groups in total. The summed E-state index contributed by atoms with van der Waals surface area (Å²) in [6.45, 7) is 3.02. The molecule has 1 aromatic rings. The van der Waals surface area contributed by atoms with Gasteiger partial charge in [0, 0.05) is 32.1 Å². The highest BCUT2D eigenvalue weighted by atomic mass is 16.2. The van der Waals surface area contributed by atoms with Gasteiger partial charge in [-0.05, 0) is 25.7 Å². The molecule has 0 atom stereocenters. The fraction of sp³-hybridized carbons (Fsp3) is 0.765. The number of carbonyl (C=O) groups excluding carboxylic acids is 2. The first-order valence-corrected chi connectivity index (χ1v) is 9.22. The van der Waals surface area contributed by atoms with E-state index in [9.17, 15) is 9.59 Å². The number of hydrogen-bond donors (Lipinski definition) is 0. The molecule has 0 radical (unpaired) electrons. The minimum Gasteiger partial charge on any atom is -0.338 e. The summed E-state index contributed by atoms with van der Waals surface area (Å²) in [6, 6.07) is 0.158. The number of amides is 2. The van der Waals surface area contributed by atoms with E-state index < -0.39 is 0 Å². The summed E-state index contributed by atoms with van der Waals surface area (Å²) in [5.41, 5.74) is 0.425. The van der Waals surface area contributed by atoms with Crippen LogP contribution < -0.4 is 0 Å². The summed E-state index contributed by atoms with van der Waals surface area (Å²) in [6.07, 6.45) is 9.58. The van der Waals surface area contributed by atoms with E-state index in [0.29, 0.717) is 24.7 Å². The van der Waals surface area contributed by atoms with Gasteiger partial charge in [-0.15, -0.1) is 5.10 Å². The molecular weight excluding hydrogens is 306 g/mol. The minimum absolute atomic E-state index is 0.0202. The van der Waals surface area contributed by atoms with Gasteiger partial charge in [-0.2, -0.15) is 0 Å². The van der Waals surface area contributed by atoms with Gasteiger partial charge >= 0.3 is 0 Å². The van der Waals surface area contributed by atoms with Crippen molar-refractivity contribution in [1.29, 1.82) is 0 Å². The number of likely N-dealkylation sites (tertiary alicyclic amines) is 2. The van der Waals surface area contributed by atoms with Crippen LogP contribution in [0.2, 0.25) is 0 Å². The highest BCUT2D eigenvalue weighted by Gasteiger charge is 2.36. The Bertz CT molecular complexity index is 610. The third-order valence-electron chi connectivity index (χ3n) is 5.63. The van der Waals surface area contributed by atoms with Gasteiger partial charge in [0.15, 0.2) is 5.69 Å². The third kappa shape index (κ3) is 2.91. The highest BCUT2D eigenvalue weighted by molar-refractivity contribution is 5.92. The van der Waals surface area contributed by atoms with Gasteiger partial charge in [-0.3, -0.25) is 9.59 Å². The molecule has 3 fully saturated rings. The number of carbonyl (C=O) groups is 2. The Morgan fingerprint density at radius 1 is 0.958 bits per heavy atom. The van der Waals surface area contributed by atoms with Crippen molar-refractivity contribution in [2.24, 2.45) is 5.92 Å². The first kappa shape index (κ1) is 15.6. The lowest BCUT2D eigenvalue weighted by atomic mass is 9.87. The Labute approximate surface area is 142 Å². The largest absolute Gasteiger partial charge is 0.338 e. The molecule has 2 saturated heterocycles. The molecule has 24 heavy (non-hydrogen) atoms. The van der Waals surface area contributed by atoms with Gasteiger partial charge in [0.2, 0.25) is 5.91 Å². The lowest BCUT2D eigenvalue weighted by molar-refractivity contribution is -0.142. The number of hydrogen-bond acceptors (Lipinski definition) is 4. The Morgan fingerprint density at radius 3 is 2.38 bits per heavy atom. The fourth-order valence-corrected chi connectivity index (χ4v) is 4.05. The molecule has 2 aliphatic heterocycles. The van der Waals surface area contributed by atoms with Gasteiger partial charge in [-0.25, -0.2) is 4.68 Å². The van der Waals surface area contributed by atoms with Gasteiger partial charge in [-0.1, -0.05) is 24.5 Å². The molecule has 0 unspecified atom stereocenters. The van der Waals surface area contributed by atoms with Crippen molar-refractivity contribution in [2.45, 2.75) is 51.0 Å².